The van der Waals surface area contributed by atoms with Gasteiger partial charge in [0, 0.05) is 49.8 Å². The van der Waals surface area contributed by atoms with Crippen molar-refractivity contribution in [1.82, 2.24) is 14.3 Å². The number of amides is 2. The highest BCUT2D eigenvalue weighted by atomic mass is 19.4. The van der Waals surface area contributed by atoms with E-state index in [1.807, 2.05) is 6.07 Å². The molecule has 2 heterocycles. The van der Waals surface area contributed by atoms with Crippen molar-refractivity contribution >= 4 is 17.5 Å². The number of pyridine rings is 1. The van der Waals surface area contributed by atoms with Crippen LogP contribution in [0.4, 0.5) is 33.9 Å². The van der Waals surface area contributed by atoms with Crippen LogP contribution in [0.1, 0.15) is 23.1 Å². The predicted octanol–water partition coefficient (Wildman–Crippen LogP) is 5.93. The Morgan fingerprint density at radius 2 is 1.80 bits per heavy atom. The minimum absolute atomic E-state index is 0.177. The normalized spacial score (nSPS) is 11.5. The molecule has 2 amide bonds. The maximum atomic E-state index is 14.3. The van der Waals surface area contributed by atoms with Gasteiger partial charge in [0.15, 0.2) is 0 Å². The highest BCUT2D eigenvalue weighted by Gasteiger charge is 2.35. The highest BCUT2D eigenvalue weighted by molar-refractivity contribution is 6.01. The summed E-state index contributed by atoms with van der Waals surface area (Å²) >= 11 is 0. The van der Waals surface area contributed by atoms with Crippen molar-refractivity contribution < 1.29 is 27.1 Å². The van der Waals surface area contributed by atoms with Crippen LogP contribution >= 0.6 is 0 Å². The van der Waals surface area contributed by atoms with Gasteiger partial charge in [0.05, 0.1) is 16.9 Å². The second kappa shape index (κ2) is 11.7. The molecule has 2 aromatic heterocycles. The zero-order chi connectivity index (χ0) is 29.0. The van der Waals surface area contributed by atoms with Crippen molar-refractivity contribution in [3.8, 4) is 16.9 Å². The largest absolute Gasteiger partial charge is 0.419 e. The molecular formula is C28H27F4N5O3. The Balaban J connectivity index is 1.73. The molecule has 0 saturated carbocycles. The van der Waals surface area contributed by atoms with E-state index < -0.39 is 23.6 Å². The van der Waals surface area contributed by atoms with Crippen molar-refractivity contribution in [2.24, 2.45) is 7.05 Å². The van der Waals surface area contributed by atoms with E-state index in [1.54, 1.807) is 50.5 Å². The van der Waals surface area contributed by atoms with E-state index in [0.717, 1.165) is 6.07 Å². The van der Waals surface area contributed by atoms with Crippen molar-refractivity contribution in [1.29, 1.82) is 0 Å². The average molecular weight is 558 g/mol. The lowest BCUT2D eigenvalue weighted by molar-refractivity contribution is -0.139. The Morgan fingerprint density at radius 3 is 2.45 bits per heavy atom. The topological polar surface area (TPSA) is 90.2 Å². The molecule has 0 unspecified atom stereocenters. The molecule has 40 heavy (non-hydrogen) atoms. The SMILES string of the molecule is COCCCc1cc(F)c(C(F)(F)F)cc1NC(=O)Nc1c(C)c(-c2ccc(=O)n(C)c2)nn1-c1ccccc1. The van der Waals surface area contributed by atoms with Crippen LogP contribution in [0.3, 0.4) is 0 Å². The number of anilines is 2. The highest BCUT2D eigenvalue weighted by Crippen LogP contribution is 2.35. The molecule has 2 aromatic carbocycles. The summed E-state index contributed by atoms with van der Waals surface area (Å²) in [5.74, 6) is -1.17. The standard InChI is InChI=1S/C28H27F4N5O3/c1-17-25(19-11-12-24(38)36(2)16-19)35-37(20-9-5-4-6-10-20)26(17)34-27(39)33-23-15-21(28(30,31)32)22(29)14-18(23)8-7-13-40-3/h4-6,9-12,14-16H,7-8,13H2,1-3H3,(H2,33,34,39). The van der Waals surface area contributed by atoms with Gasteiger partial charge < -0.3 is 14.6 Å². The quantitative estimate of drug-likeness (QED) is 0.208. The number of aryl methyl sites for hydroxylation is 2. The number of urea groups is 1. The number of hydrogen-bond donors (Lipinski definition) is 2. The summed E-state index contributed by atoms with van der Waals surface area (Å²) in [6, 6.07) is 12.4. The number of alkyl halides is 3. The van der Waals surface area contributed by atoms with E-state index in [2.05, 4.69) is 15.7 Å². The monoisotopic (exact) mass is 557 g/mol. The van der Waals surface area contributed by atoms with Crippen LogP contribution in [0.25, 0.3) is 16.9 Å². The fourth-order valence-corrected chi connectivity index (χ4v) is 4.23. The van der Waals surface area contributed by atoms with Crippen molar-refractivity contribution in [2.45, 2.75) is 25.9 Å². The molecule has 12 heteroatoms. The van der Waals surface area contributed by atoms with Gasteiger partial charge in [-0.3, -0.25) is 10.1 Å². The third-order valence-corrected chi connectivity index (χ3v) is 6.26. The number of carbonyl (C=O) groups is 1. The maximum absolute atomic E-state index is 14.3. The minimum Gasteiger partial charge on any atom is -0.385 e. The number of carbonyl (C=O) groups excluding carboxylic acids is 1. The number of hydrogen-bond acceptors (Lipinski definition) is 4. The number of ether oxygens (including phenoxy) is 1. The summed E-state index contributed by atoms with van der Waals surface area (Å²) in [4.78, 5) is 25.1. The molecule has 0 saturated heterocycles. The Hall–Kier alpha value is -4.45. The van der Waals surface area contributed by atoms with Gasteiger partial charge >= 0.3 is 12.2 Å². The number of nitrogens with zero attached hydrogens (tertiary/aromatic N) is 3. The smallest absolute Gasteiger partial charge is 0.385 e. The van der Waals surface area contributed by atoms with Crippen LogP contribution in [0.5, 0.6) is 0 Å². The molecule has 0 atom stereocenters. The van der Waals surface area contributed by atoms with E-state index in [1.165, 1.54) is 22.4 Å². The Kier molecular flexibility index (Phi) is 8.38. The molecule has 8 nitrogen and oxygen atoms in total. The van der Waals surface area contributed by atoms with Crippen LogP contribution in [-0.2, 0) is 24.4 Å². The summed E-state index contributed by atoms with van der Waals surface area (Å²) < 4.78 is 62.5. The molecule has 4 aromatic rings. The summed E-state index contributed by atoms with van der Waals surface area (Å²) in [5.41, 5.74) is 0.580. The van der Waals surface area contributed by atoms with E-state index >= 15 is 0 Å². The first-order chi connectivity index (χ1) is 19.0. The molecule has 0 aliphatic rings. The van der Waals surface area contributed by atoms with Crippen LogP contribution in [-0.4, -0.2) is 34.1 Å². The summed E-state index contributed by atoms with van der Waals surface area (Å²) in [5, 5.41) is 9.80. The lowest BCUT2D eigenvalue weighted by atomic mass is 10.0. The number of para-hydroxylation sites is 1. The number of halogens is 4. The molecule has 0 aliphatic carbocycles. The minimum atomic E-state index is -4.95. The summed E-state index contributed by atoms with van der Waals surface area (Å²) in [6.07, 6.45) is -2.76. The van der Waals surface area contributed by atoms with Gasteiger partial charge in [-0.05, 0) is 55.7 Å². The Labute approximate surface area is 227 Å². The van der Waals surface area contributed by atoms with Gasteiger partial charge in [-0.15, -0.1) is 0 Å². The van der Waals surface area contributed by atoms with E-state index in [0.29, 0.717) is 41.6 Å². The second-order valence-electron chi connectivity index (χ2n) is 9.10. The fourth-order valence-electron chi connectivity index (χ4n) is 4.23. The zero-order valence-electron chi connectivity index (χ0n) is 22.0. The first-order valence-electron chi connectivity index (χ1n) is 12.3. The van der Waals surface area contributed by atoms with Crippen molar-refractivity contribution in [3.05, 3.63) is 93.7 Å². The van der Waals surface area contributed by atoms with E-state index in [4.69, 9.17) is 4.74 Å². The van der Waals surface area contributed by atoms with Crippen LogP contribution in [0.2, 0.25) is 0 Å². The molecule has 0 bridgehead atoms. The van der Waals surface area contributed by atoms with Crippen molar-refractivity contribution in [3.63, 3.8) is 0 Å². The molecule has 0 fully saturated rings. The fraction of sp³-hybridized carbons (Fsp3) is 0.250. The number of rotatable bonds is 8. The first-order valence-corrected chi connectivity index (χ1v) is 12.3. The van der Waals surface area contributed by atoms with Gasteiger partial charge in [-0.25, -0.2) is 13.9 Å². The molecular weight excluding hydrogens is 530 g/mol. The predicted molar refractivity (Wildman–Crippen MR) is 143 cm³/mol. The average Bonchev–Trinajstić information content (AvgIpc) is 3.22. The van der Waals surface area contributed by atoms with E-state index in [-0.39, 0.29) is 29.0 Å². The van der Waals surface area contributed by atoms with Crippen molar-refractivity contribution in [2.75, 3.05) is 24.4 Å². The Morgan fingerprint density at radius 1 is 1.07 bits per heavy atom. The lowest BCUT2D eigenvalue weighted by Crippen LogP contribution is -2.23. The zero-order valence-corrected chi connectivity index (χ0v) is 22.0. The Bertz CT molecular complexity index is 1580. The second-order valence-corrected chi connectivity index (χ2v) is 9.10. The van der Waals surface area contributed by atoms with Crippen LogP contribution in [0.15, 0.2) is 65.6 Å². The molecule has 4 rings (SSSR count). The lowest BCUT2D eigenvalue weighted by Gasteiger charge is -2.17. The number of nitrogens with one attached hydrogen (secondary N) is 2. The molecule has 0 spiro atoms. The first kappa shape index (κ1) is 28.6. The number of methoxy groups -OCH3 is 1. The van der Waals surface area contributed by atoms with E-state index in [9.17, 15) is 27.2 Å². The van der Waals surface area contributed by atoms with Gasteiger partial charge in [0.2, 0.25) is 5.56 Å². The summed E-state index contributed by atoms with van der Waals surface area (Å²) in [7, 11) is 3.07. The number of aromatic nitrogens is 3. The van der Waals surface area contributed by atoms with Gasteiger partial charge in [-0.1, -0.05) is 18.2 Å². The maximum Gasteiger partial charge on any atom is 0.419 e. The third kappa shape index (κ3) is 6.23. The third-order valence-electron chi connectivity index (χ3n) is 6.26. The van der Waals surface area contributed by atoms with Crippen LogP contribution < -0.4 is 16.2 Å². The van der Waals surface area contributed by atoms with Gasteiger partial charge in [0.1, 0.15) is 11.6 Å². The molecule has 2 N–H and O–H groups in total. The number of benzene rings is 2. The molecule has 210 valence electrons. The van der Waals surface area contributed by atoms with Gasteiger partial charge in [-0.2, -0.15) is 18.3 Å². The molecule has 0 radical (unpaired) electrons. The van der Waals surface area contributed by atoms with Crippen LogP contribution in [0, 0.1) is 12.7 Å². The van der Waals surface area contributed by atoms with Gasteiger partial charge in [0.25, 0.3) is 0 Å². The summed E-state index contributed by atoms with van der Waals surface area (Å²) in [6.45, 7) is 2.02. The molecule has 0 aliphatic heterocycles.